The number of hydrogen-bond donors (Lipinski definition) is 0. The molecule has 19 heavy (non-hydrogen) atoms. The first-order chi connectivity index (χ1) is 9.02. The molecule has 2 aromatic rings. The van der Waals surface area contributed by atoms with Gasteiger partial charge in [0, 0.05) is 6.54 Å². The minimum atomic E-state index is -5.09. The van der Waals surface area contributed by atoms with Crippen LogP contribution in [0.5, 0.6) is 5.75 Å². The van der Waals surface area contributed by atoms with Gasteiger partial charge in [-0.3, -0.25) is 0 Å². The number of aryl methyl sites for hydroxylation is 1. The fourth-order valence-electron chi connectivity index (χ4n) is 1.69. The molecule has 0 saturated carbocycles. The molecule has 0 bridgehead atoms. The summed E-state index contributed by atoms with van der Waals surface area (Å²) in [5.74, 6) is 0.313. The van der Waals surface area contributed by atoms with Crippen LogP contribution in [0.25, 0.3) is 0 Å². The van der Waals surface area contributed by atoms with E-state index >= 15 is 0 Å². The van der Waals surface area contributed by atoms with Gasteiger partial charge in [0.1, 0.15) is 12.9 Å². The lowest BCUT2D eigenvalue weighted by Crippen LogP contribution is -2.35. The number of aromatic nitrogens is 3. The summed E-state index contributed by atoms with van der Waals surface area (Å²) in [6.07, 6.45) is 1.35. The maximum absolute atomic E-state index is 12.8. The fraction of sp³-hybridized carbons (Fsp3) is 0.273. The molecule has 1 heterocycles. The number of hydrogen-bond acceptors (Lipinski definition) is 3. The molecule has 0 saturated heterocycles. The molecule has 0 amide bonds. The molecule has 0 N–H and O–H groups in total. The topological polar surface area (TPSA) is 39.9 Å². The van der Waals surface area contributed by atoms with E-state index in [0.29, 0.717) is 12.4 Å². The molecule has 0 radical (unpaired) electrons. The maximum Gasteiger partial charge on any atom is 0.513 e. The van der Waals surface area contributed by atoms with Crippen molar-refractivity contribution >= 4 is 12.4 Å². The molecule has 1 aromatic heterocycles. The van der Waals surface area contributed by atoms with E-state index in [2.05, 4.69) is 10.1 Å². The van der Waals surface area contributed by atoms with E-state index in [1.807, 2.05) is 6.92 Å². The fourth-order valence-corrected chi connectivity index (χ4v) is 1.69. The molecule has 0 aliphatic carbocycles. The number of halogens is 3. The Morgan fingerprint density at radius 2 is 2.00 bits per heavy atom. The van der Waals surface area contributed by atoms with Gasteiger partial charge in [0.15, 0.2) is 5.82 Å². The predicted molar refractivity (Wildman–Crippen MR) is 65.2 cm³/mol. The van der Waals surface area contributed by atoms with E-state index < -0.39 is 12.4 Å². The van der Waals surface area contributed by atoms with Crippen LogP contribution in [0.2, 0.25) is 0 Å². The number of nitrogens with zero attached hydrogens (tertiary/aromatic N) is 3. The van der Waals surface area contributed by atoms with E-state index in [1.165, 1.54) is 24.5 Å². The van der Waals surface area contributed by atoms with Crippen LogP contribution in [-0.2, 0) is 13.2 Å². The molecular formula is C11H12BF3N3O-. The van der Waals surface area contributed by atoms with Crippen LogP contribution in [0.4, 0.5) is 12.9 Å². The molecule has 2 rings (SSSR count). The highest BCUT2D eigenvalue weighted by Crippen LogP contribution is 2.18. The second kappa shape index (κ2) is 5.33. The van der Waals surface area contributed by atoms with Gasteiger partial charge in [0.05, 0.1) is 5.75 Å². The van der Waals surface area contributed by atoms with Gasteiger partial charge in [-0.1, -0.05) is 23.7 Å². The summed E-state index contributed by atoms with van der Waals surface area (Å²) in [4.78, 5) is 3.94. The summed E-state index contributed by atoms with van der Waals surface area (Å²) in [5, 5.41) is 3.93. The van der Waals surface area contributed by atoms with Crippen LogP contribution < -0.4 is 10.2 Å². The lowest BCUT2D eigenvalue weighted by molar-refractivity contribution is 0.288. The van der Waals surface area contributed by atoms with Crippen molar-refractivity contribution in [1.82, 2.24) is 14.8 Å². The van der Waals surface area contributed by atoms with Gasteiger partial charge in [0.25, 0.3) is 0 Å². The Bertz CT molecular complexity index is 556. The van der Waals surface area contributed by atoms with Crippen molar-refractivity contribution in [2.75, 3.05) is 0 Å². The smallest absolute Gasteiger partial charge is 0.489 e. The number of benzene rings is 1. The van der Waals surface area contributed by atoms with E-state index in [0.717, 1.165) is 6.07 Å². The zero-order valence-corrected chi connectivity index (χ0v) is 10.3. The minimum absolute atomic E-state index is 0.0446. The van der Waals surface area contributed by atoms with Crippen molar-refractivity contribution in [2.24, 2.45) is 0 Å². The number of para-hydroxylation sites is 1. The summed E-state index contributed by atoms with van der Waals surface area (Å²) >= 11 is 0. The summed E-state index contributed by atoms with van der Waals surface area (Å²) in [5.41, 5.74) is -0.731. The van der Waals surface area contributed by atoms with Crippen LogP contribution in [0, 0.1) is 0 Å². The molecule has 0 spiro atoms. The third kappa shape index (κ3) is 3.07. The van der Waals surface area contributed by atoms with Crippen LogP contribution in [0.15, 0.2) is 30.6 Å². The zero-order chi connectivity index (χ0) is 13.9. The molecule has 8 heteroatoms. The second-order valence-corrected chi connectivity index (χ2v) is 3.89. The van der Waals surface area contributed by atoms with Gasteiger partial charge in [-0.2, -0.15) is 5.10 Å². The summed E-state index contributed by atoms with van der Waals surface area (Å²) in [6.45, 7) is -2.68. The van der Waals surface area contributed by atoms with E-state index in [1.54, 1.807) is 4.68 Å². The quantitative estimate of drug-likeness (QED) is 0.779. The lowest BCUT2D eigenvalue weighted by Gasteiger charge is -2.19. The first-order valence-electron chi connectivity index (χ1n) is 5.80. The number of rotatable bonds is 5. The molecule has 0 atom stereocenters. The van der Waals surface area contributed by atoms with Gasteiger partial charge in [-0.05, 0) is 13.0 Å². The standard InChI is InChI=1S/C11H12BF3N3O/c1-2-18-11(16-8-17-18)7-19-10-6-4-3-5-9(10)12(13,14)15/h3-6,8H,2,7H2,1H3/q-1. The zero-order valence-electron chi connectivity index (χ0n) is 10.3. The van der Waals surface area contributed by atoms with Crippen molar-refractivity contribution in [1.29, 1.82) is 0 Å². The van der Waals surface area contributed by atoms with Crippen LogP contribution in [0.1, 0.15) is 12.7 Å². The predicted octanol–water partition coefficient (Wildman–Crippen LogP) is 1.93. The molecule has 0 unspecified atom stereocenters. The Morgan fingerprint density at radius 3 is 2.68 bits per heavy atom. The summed E-state index contributed by atoms with van der Waals surface area (Å²) in [7, 11) is 0. The molecule has 0 aliphatic heterocycles. The second-order valence-electron chi connectivity index (χ2n) is 3.89. The van der Waals surface area contributed by atoms with Crippen LogP contribution >= 0.6 is 0 Å². The Morgan fingerprint density at radius 1 is 1.26 bits per heavy atom. The molecule has 4 nitrogen and oxygen atoms in total. The van der Waals surface area contributed by atoms with Crippen molar-refractivity contribution in [3.05, 3.63) is 36.4 Å². The maximum atomic E-state index is 12.8. The van der Waals surface area contributed by atoms with Gasteiger partial charge in [-0.25, -0.2) is 9.67 Å². The highest BCUT2D eigenvalue weighted by Gasteiger charge is 2.29. The molecular weight excluding hydrogens is 258 g/mol. The largest absolute Gasteiger partial charge is 0.513 e. The Hall–Kier alpha value is -1.99. The van der Waals surface area contributed by atoms with Crippen molar-refractivity contribution < 1.29 is 17.7 Å². The van der Waals surface area contributed by atoms with E-state index in [9.17, 15) is 12.9 Å². The highest BCUT2D eigenvalue weighted by molar-refractivity contribution is 6.74. The van der Waals surface area contributed by atoms with Gasteiger partial charge in [0.2, 0.25) is 0 Å². The SMILES string of the molecule is CCn1ncnc1COc1ccccc1[B-](F)(F)F. The van der Waals surface area contributed by atoms with Crippen molar-refractivity contribution in [3.8, 4) is 5.75 Å². The Balaban J connectivity index is 2.16. The minimum Gasteiger partial charge on any atom is -0.489 e. The molecule has 1 aromatic carbocycles. The van der Waals surface area contributed by atoms with E-state index in [-0.39, 0.29) is 12.4 Å². The van der Waals surface area contributed by atoms with Gasteiger partial charge >= 0.3 is 6.98 Å². The normalized spacial score (nSPS) is 11.6. The van der Waals surface area contributed by atoms with Gasteiger partial charge in [-0.15, -0.1) is 0 Å². The molecule has 102 valence electrons. The third-order valence-electron chi connectivity index (χ3n) is 2.62. The first kappa shape index (κ1) is 13.4. The average Bonchev–Trinajstić information content (AvgIpc) is 2.83. The van der Waals surface area contributed by atoms with Crippen LogP contribution in [0.3, 0.4) is 0 Å². The third-order valence-corrected chi connectivity index (χ3v) is 2.62. The van der Waals surface area contributed by atoms with Crippen LogP contribution in [-0.4, -0.2) is 21.7 Å². The summed E-state index contributed by atoms with van der Waals surface area (Å²) in [6, 6.07) is 5.16. The average molecular weight is 270 g/mol. The summed E-state index contributed by atoms with van der Waals surface area (Å²) < 4.78 is 45.2. The van der Waals surface area contributed by atoms with Gasteiger partial charge < -0.3 is 17.7 Å². The first-order valence-corrected chi connectivity index (χ1v) is 5.80. The lowest BCUT2D eigenvalue weighted by atomic mass is 9.79. The monoisotopic (exact) mass is 270 g/mol. The van der Waals surface area contributed by atoms with Crippen molar-refractivity contribution in [3.63, 3.8) is 0 Å². The Labute approximate surface area is 108 Å². The highest BCUT2D eigenvalue weighted by atomic mass is 19.4. The molecule has 0 fully saturated rings. The number of ether oxygens (including phenoxy) is 1. The Kier molecular flexibility index (Phi) is 3.78. The van der Waals surface area contributed by atoms with E-state index in [4.69, 9.17) is 4.74 Å². The molecule has 0 aliphatic rings. The van der Waals surface area contributed by atoms with Crippen molar-refractivity contribution in [2.45, 2.75) is 20.1 Å².